The molecule has 0 N–H and O–H groups in total. The normalized spacial score (nSPS) is 9.93. The van der Waals surface area contributed by atoms with Crippen LogP contribution in [0.3, 0.4) is 0 Å². The largest absolute Gasteiger partial charge is 0.287 e. The summed E-state index contributed by atoms with van der Waals surface area (Å²) in [7, 11) is 0. The molecule has 0 bridgehead atoms. The quantitative estimate of drug-likeness (QED) is 0.541. The first-order valence-electron chi connectivity index (χ1n) is 4.73. The van der Waals surface area contributed by atoms with Gasteiger partial charge in [0, 0.05) is 6.54 Å². The third-order valence-corrected chi connectivity index (χ3v) is 1.73. The molecule has 0 radical (unpaired) electrons. The Morgan fingerprint density at radius 2 is 2.29 bits per heavy atom. The molecule has 0 saturated heterocycles. The van der Waals surface area contributed by atoms with Gasteiger partial charge >= 0.3 is 0 Å². The van der Waals surface area contributed by atoms with Crippen LogP contribution in [-0.2, 0) is 6.54 Å². The van der Waals surface area contributed by atoms with Gasteiger partial charge in [0.2, 0.25) is 5.78 Å². The first-order valence-corrected chi connectivity index (χ1v) is 4.73. The summed E-state index contributed by atoms with van der Waals surface area (Å²) >= 11 is 0. The van der Waals surface area contributed by atoms with Gasteiger partial charge in [0.1, 0.15) is 5.69 Å². The molecule has 4 nitrogen and oxygen atoms in total. The second kappa shape index (κ2) is 4.69. The van der Waals surface area contributed by atoms with Gasteiger partial charge in [0.25, 0.3) is 0 Å². The molecule has 14 heavy (non-hydrogen) atoms. The van der Waals surface area contributed by atoms with Crippen molar-refractivity contribution >= 4 is 5.78 Å². The molecule has 1 rings (SSSR count). The first kappa shape index (κ1) is 10.6. The van der Waals surface area contributed by atoms with Crippen LogP contribution < -0.4 is 0 Å². The van der Waals surface area contributed by atoms with E-state index in [2.05, 4.69) is 10.3 Å². The number of carbonyl (C=O) groups is 1. The van der Waals surface area contributed by atoms with Crippen molar-refractivity contribution in [1.29, 1.82) is 0 Å². The van der Waals surface area contributed by atoms with E-state index in [1.54, 1.807) is 10.8 Å². The van der Waals surface area contributed by atoms with E-state index in [-0.39, 0.29) is 5.78 Å². The number of ketones is 1. The maximum atomic E-state index is 11.6. The molecule has 0 aliphatic carbocycles. The molecular weight excluding hydrogens is 178 g/mol. The molecule has 0 aliphatic heterocycles. The lowest BCUT2D eigenvalue weighted by molar-refractivity contribution is 0.103. The van der Waals surface area contributed by atoms with Crippen molar-refractivity contribution in [2.24, 2.45) is 0 Å². The molecule has 4 heteroatoms. The van der Waals surface area contributed by atoms with E-state index in [4.69, 9.17) is 0 Å². The number of allylic oxidation sites excluding steroid dienone is 2. The molecule has 1 aromatic rings. The van der Waals surface area contributed by atoms with E-state index in [9.17, 15) is 4.79 Å². The van der Waals surface area contributed by atoms with Gasteiger partial charge in [-0.05, 0) is 26.3 Å². The Labute approximate surface area is 83.6 Å². The van der Waals surface area contributed by atoms with Crippen LogP contribution in [0.15, 0.2) is 17.8 Å². The second-order valence-electron chi connectivity index (χ2n) is 3.43. The Bertz CT molecular complexity index is 348. The average molecular weight is 193 g/mol. The van der Waals surface area contributed by atoms with Crippen LogP contribution >= 0.6 is 0 Å². The fourth-order valence-corrected chi connectivity index (χ4v) is 1.16. The molecule has 0 unspecified atom stereocenters. The van der Waals surface area contributed by atoms with Crippen LogP contribution in [0.5, 0.6) is 0 Å². The highest BCUT2D eigenvalue weighted by Crippen LogP contribution is 2.02. The molecule has 0 saturated carbocycles. The summed E-state index contributed by atoms with van der Waals surface area (Å²) < 4.78 is 1.64. The van der Waals surface area contributed by atoms with E-state index in [0.717, 1.165) is 18.5 Å². The standard InChI is InChI=1S/C10H15N3O/c1-4-5-13-9(7-11-12-13)10(14)6-8(2)3/h6-7H,4-5H2,1-3H3. The molecule has 0 atom stereocenters. The smallest absolute Gasteiger partial charge is 0.205 e. The van der Waals surface area contributed by atoms with Gasteiger partial charge in [-0.1, -0.05) is 17.7 Å². The van der Waals surface area contributed by atoms with Crippen molar-refractivity contribution in [2.45, 2.75) is 33.7 Å². The van der Waals surface area contributed by atoms with Crippen LogP contribution in [-0.4, -0.2) is 20.8 Å². The average Bonchev–Trinajstić information content (AvgIpc) is 2.51. The molecular formula is C10H15N3O. The third-order valence-electron chi connectivity index (χ3n) is 1.73. The fraction of sp³-hybridized carbons (Fsp3) is 0.500. The van der Waals surface area contributed by atoms with E-state index in [1.165, 1.54) is 6.20 Å². The maximum Gasteiger partial charge on any atom is 0.205 e. The summed E-state index contributed by atoms with van der Waals surface area (Å²) in [6, 6.07) is 0. The van der Waals surface area contributed by atoms with Crippen LogP contribution in [0.1, 0.15) is 37.7 Å². The predicted molar refractivity (Wildman–Crippen MR) is 54.1 cm³/mol. The Morgan fingerprint density at radius 3 is 2.86 bits per heavy atom. The first-order chi connectivity index (χ1) is 6.65. The van der Waals surface area contributed by atoms with Crippen molar-refractivity contribution in [3.05, 3.63) is 23.5 Å². The molecule has 1 aromatic heterocycles. The zero-order valence-corrected chi connectivity index (χ0v) is 8.82. The lowest BCUT2D eigenvalue weighted by Crippen LogP contribution is -2.08. The van der Waals surface area contributed by atoms with Gasteiger partial charge in [0.15, 0.2) is 0 Å². The van der Waals surface area contributed by atoms with Gasteiger partial charge in [-0.15, -0.1) is 5.10 Å². The summed E-state index contributed by atoms with van der Waals surface area (Å²) in [6.45, 7) is 6.56. The van der Waals surface area contributed by atoms with Crippen molar-refractivity contribution in [3.63, 3.8) is 0 Å². The van der Waals surface area contributed by atoms with Crippen LogP contribution in [0.25, 0.3) is 0 Å². The fourth-order valence-electron chi connectivity index (χ4n) is 1.16. The Kier molecular flexibility index (Phi) is 3.56. The van der Waals surface area contributed by atoms with E-state index in [0.29, 0.717) is 5.69 Å². The summed E-state index contributed by atoms with van der Waals surface area (Å²) in [5.41, 5.74) is 1.55. The van der Waals surface area contributed by atoms with Crippen LogP contribution in [0.2, 0.25) is 0 Å². The van der Waals surface area contributed by atoms with E-state index in [1.807, 2.05) is 20.8 Å². The van der Waals surface area contributed by atoms with Gasteiger partial charge in [0.05, 0.1) is 6.20 Å². The second-order valence-corrected chi connectivity index (χ2v) is 3.43. The van der Waals surface area contributed by atoms with Crippen molar-refractivity contribution in [2.75, 3.05) is 0 Å². The minimum atomic E-state index is -0.0246. The number of hydrogen-bond donors (Lipinski definition) is 0. The zero-order chi connectivity index (χ0) is 10.6. The van der Waals surface area contributed by atoms with Gasteiger partial charge in [-0.3, -0.25) is 4.79 Å². The molecule has 0 spiro atoms. The van der Waals surface area contributed by atoms with Gasteiger partial charge < -0.3 is 0 Å². The SMILES string of the molecule is CCCn1nncc1C(=O)C=C(C)C. The minimum Gasteiger partial charge on any atom is -0.287 e. The molecule has 0 fully saturated rings. The molecule has 0 aromatic carbocycles. The highest BCUT2D eigenvalue weighted by atomic mass is 16.1. The van der Waals surface area contributed by atoms with Gasteiger partial charge in [-0.25, -0.2) is 4.68 Å². The number of nitrogens with zero attached hydrogens (tertiary/aromatic N) is 3. The Balaban J connectivity index is 2.89. The summed E-state index contributed by atoms with van der Waals surface area (Å²) in [5.74, 6) is -0.0246. The highest BCUT2D eigenvalue weighted by Gasteiger charge is 2.09. The third kappa shape index (κ3) is 2.52. The van der Waals surface area contributed by atoms with Crippen molar-refractivity contribution in [1.82, 2.24) is 15.0 Å². The van der Waals surface area contributed by atoms with Crippen LogP contribution in [0.4, 0.5) is 0 Å². The lowest BCUT2D eigenvalue weighted by atomic mass is 10.2. The summed E-state index contributed by atoms with van der Waals surface area (Å²) in [6.07, 6.45) is 4.06. The Hall–Kier alpha value is -1.45. The monoisotopic (exact) mass is 193 g/mol. The summed E-state index contributed by atoms with van der Waals surface area (Å²) in [5, 5.41) is 7.58. The molecule has 0 amide bonds. The number of rotatable bonds is 4. The number of hydrogen-bond acceptors (Lipinski definition) is 3. The minimum absolute atomic E-state index is 0.0246. The number of carbonyl (C=O) groups excluding carboxylic acids is 1. The van der Waals surface area contributed by atoms with Gasteiger partial charge in [-0.2, -0.15) is 0 Å². The molecule has 76 valence electrons. The summed E-state index contributed by atoms with van der Waals surface area (Å²) in [4.78, 5) is 11.6. The zero-order valence-electron chi connectivity index (χ0n) is 8.82. The van der Waals surface area contributed by atoms with Crippen molar-refractivity contribution in [3.8, 4) is 0 Å². The van der Waals surface area contributed by atoms with Crippen LogP contribution in [0, 0.1) is 0 Å². The van der Waals surface area contributed by atoms with Crippen molar-refractivity contribution < 1.29 is 4.79 Å². The topological polar surface area (TPSA) is 47.8 Å². The predicted octanol–water partition coefficient (Wildman–Crippen LogP) is 1.84. The Morgan fingerprint density at radius 1 is 1.57 bits per heavy atom. The number of aromatic nitrogens is 3. The maximum absolute atomic E-state index is 11.6. The van der Waals surface area contributed by atoms with E-state index < -0.39 is 0 Å². The highest BCUT2D eigenvalue weighted by molar-refractivity contribution is 6.03. The molecule has 1 heterocycles. The van der Waals surface area contributed by atoms with E-state index >= 15 is 0 Å². The number of aryl methyl sites for hydroxylation is 1. The lowest BCUT2D eigenvalue weighted by Gasteiger charge is -2.00. The molecule has 0 aliphatic rings.